The molecular formula is C34H27N3. The van der Waals surface area contributed by atoms with Crippen LogP contribution in [0.4, 0.5) is 0 Å². The molecule has 2 N–H and O–H groups in total. The van der Waals surface area contributed by atoms with E-state index in [1.807, 2.05) is 49.5 Å². The molecule has 0 spiro atoms. The number of allylic oxidation sites excluding steroid dienone is 3. The molecule has 0 saturated carbocycles. The van der Waals surface area contributed by atoms with Crippen molar-refractivity contribution in [1.29, 1.82) is 0 Å². The van der Waals surface area contributed by atoms with Crippen molar-refractivity contribution in [1.82, 2.24) is 9.55 Å². The van der Waals surface area contributed by atoms with E-state index in [4.69, 9.17) is 5.73 Å². The Hall–Kier alpha value is -4.89. The van der Waals surface area contributed by atoms with Crippen LogP contribution in [0, 0.1) is 0 Å². The Labute approximate surface area is 216 Å². The number of hydrogen-bond donors (Lipinski definition) is 1. The maximum absolute atomic E-state index is 6.46. The van der Waals surface area contributed by atoms with Gasteiger partial charge in [0.1, 0.15) is 0 Å². The fourth-order valence-corrected chi connectivity index (χ4v) is 4.94. The molecule has 3 heteroatoms. The van der Waals surface area contributed by atoms with Crippen LogP contribution in [0.3, 0.4) is 0 Å². The number of benzene rings is 4. The molecule has 0 saturated heterocycles. The van der Waals surface area contributed by atoms with E-state index in [1.54, 1.807) is 0 Å². The highest BCUT2D eigenvalue weighted by atomic mass is 15.0. The number of nitrogens with zero attached hydrogens (tertiary/aromatic N) is 2. The number of nitrogens with two attached hydrogens (primary N) is 1. The molecule has 4 aromatic carbocycles. The summed E-state index contributed by atoms with van der Waals surface area (Å²) in [7, 11) is 0. The molecule has 0 aliphatic heterocycles. The summed E-state index contributed by atoms with van der Waals surface area (Å²) < 4.78 is 2.34. The summed E-state index contributed by atoms with van der Waals surface area (Å²) in [5.41, 5.74) is 15.9. The molecule has 0 atom stereocenters. The highest BCUT2D eigenvalue weighted by Gasteiger charge is 2.12. The predicted molar refractivity (Wildman–Crippen MR) is 156 cm³/mol. The number of fused-ring (bicyclic) bond motifs is 3. The monoisotopic (exact) mass is 477 g/mol. The Morgan fingerprint density at radius 3 is 2.00 bits per heavy atom. The van der Waals surface area contributed by atoms with Crippen molar-refractivity contribution in [3.05, 3.63) is 139 Å². The van der Waals surface area contributed by atoms with Gasteiger partial charge >= 0.3 is 0 Å². The quantitative estimate of drug-likeness (QED) is 0.253. The molecule has 0 aliphatic rings. The third kappa shape index (κ3) is 4.21. The topological polar surface area (TPSA) is 43.8 Å². The number of para-hydroxylation sites is 2. The van der Waals surface area contributed by atoms with Gasteiger partial charge in [-0.3, -0.25) is 4.98 Å². The molecule has 2 heterocycles. The normalized spacial score (nSPS) is 12.1. The van der Waals surface area contributed by atoms with Gasteiger partial charge in [-0.15, -0.1) is 0 Å². The molecule has 0 radical (unpaired) electrons. The van der Waals surface area contributed by atoms with Crippen LogP contribution in [0.5, 0.6) is 0 Å². The smallest absolute Gasteiger partial charge is 0.0702 e. The van der Waals surface area contributed by atoms with Crippen LogP contribution in [0.2, 0.25) is 0 Å². The standard InChI is InChI=1S/C34H27N3/c1-2-3-12-31(35)26-21-25(22-27(23-26)32-13-8-9-20-36-32)24-16-18-28(19-17-24)37-33-14-6-4-10-29(33)30-11-5-7-15-34(30)37/h2-23H,35H2,1H3/b3-2-,31-12-. The van der Waals surface area contributed by atoms with Crippen molar-refractivity contribution in [2.75, 3.05) is 0 Å². The van der Waals surface area contributed by atoms with E-state index in [0.29, 0.717) is 0 Å². The van der Waals surface area contributed by atoms with Crippen molar-refractivity contribution >= 4 is 27.5 Å². The van der Waals surface area contributed by atoms with Gasteiger partial charge in [0.2, 0.25) is 0 Å². The van der Waals surface area contributed by atoms with Gasteiger partial charge in [-0.1, -0.05) is 66.7 Å². The van der Waals surface area contributed by atoms with Gasteiger partial charge in [0, 0.05) is 33.9 Å². The van der Waals surface area contributed by atoms with E-state index >= 15 is 0 Å². The van der Waals surface area contributed by atoms with Gasteiger partial charge in [-0.25, -0.2) is 0 Å². The molecule has 0 aliphatic carbocycles. The van der Waals surface area contributed by atoms with E-state index < -0.39 is 0 Å². The fourth-order valence-electron chi connectivity index (χ4n) is 4.94. The van der Waals surface area contributed by atoms with E-state index in [9.17, 15) is 0 Å². The minimum absolute atomic E-state index is 0.721. The molecule has 0 bridgehead atoms. The van der Waals surface area contributed by atoms with Crippen LogP contribution >= 0.6 is 0 Å². The summed E-state index contributed by atoms with van der Waals surface area (Å²) in [5.74, 6) is 0. The summed E-state index contributed by atoms with van der Waals surface area (Å²) in [5, 5.41) is 2.52. The van der Waals surface area contributed by atoms with Gasteiger partial charge < -0.3 is 10.3 Å². The molecule has 6 rings (SSSR count). The van der Waals surface area contributed by atoms with Crippen molar-refractivity contribution < 1.29 is 0 Å². The molecular weight excluding hydrogens is 450 g/mol. The largest absolute Gasteiger partial charge is 0.398 e. The Bertz CT molecular complexity index is 1720. The number of pyridine rings is 1. The van der Waals surface area contributed by atoms with Gasteiger partial charge in [-0.2, -0.15) is 0 Å². The summed E-state index contributed by atoms with van der Waals surface area (Å²) in [6, 6.07) is 38.3. The number of rotatable bonds is 5. The summed E-state index contributed by atoms with van der Waals surface area (Å²) in [6.45, 7) is 1.98. The maximum atomic E-state index is 6.46. The molecule has 0 fully saturated rings. The van der Waals surface area contributed by atoms with Gasteiger partial charge in [0.05, 0.1) is 16.7 Å². The molecule has 3 nitrogen and oxygen atoms in total. The first-order valence-electron chi connectivity index (χ1n) is 12.5. The summed E-state index contributed by atoms with van der Waals surface area (Å²) in [6.07, 6.45) is 7.70. The summed E-state index contributed by atoms with van der Waals surface area (Å²) >= 11 is 0. The SMILES string of the molecule is C/C=C\C=C(/N)c1cc(-c2ccc(-n3c4ccccc4c4ccccc43)cc2)cc(-c2ccccn2)c1. The highest BCUT2D eigenvalue weighted by molar-refractivity contribution is 6.09. The lowest BCUT2D eigenvalue weighted by molar-refractivity contribution is 1.18. The van der Waals surface area contributed by atoms with Gasteiger partial charge in [0.15, 0.2) is 0 Å². The van der Waals surface area contributed by atoms with E-state index in [-0.39, 0.29) is 0 Å². The second-order valence-corrected chi connectivity index (χ2v) is 9.08. The second kappa shape index (κ2) is 9.63. The van der Waals surface area contributed by atoms with Crippen LogP contribution in [-0.4, -0.2) is 9.55 Å². The first kappa shape index (κ1) is 22.6. The molecule has 2 aromatic heterocycles. The van der Waals surface area contributed by atoms with E-state index in [0.717, 1.165) is 39.3 Å². The van der Waals surface area contributed by atoms with Crippen LogP contribution in [0.15, 0.2) is 134 Å². The van der Waals surface area contributed by atoms with Crippen molar-refractivity contribution in [3.8, 4) is 28.1 Å². The molecule has 0 amide bonds. The van der Waals surface area contributed by atoms with Gasteiger partial charge in [-0.05, 0) is 84.3 Å². The van der Waals surface area contributed by atoms with Crippen molar-refractivity contribution in [2.24, 2.45) is 5.73 Å². The van der Waals surface area contributed by atoms with Crippen LogP contribution in [0.1, 0.15) is 12.5 Å². The van der Waals surface area contributed by atoms with Crippen molar-refractivity contribution in [3.63, 3.8) is 0 Å². The maximum Gasteiger partial charge on any atom is 0.0702 e. The average Bonchev–Trinajstić information content (AvgIpc) is 3.30. The zero-order valence-corrected chi connectivity index (χ0v) is 20.7. The molecule has 178 valence electrons. The zero-order chi connectivity index (χ0) is 25.2. The average molecular weight is 478 g/mol. The molecule has 37 heavy (non-hydrogen) atoms. The van der Waals surface area contributed by atoms with Crippen LogP contribution in [-0.2, 0) is 0 Å². The third-order valence-corrected chi connectivity index (χ3v) is 6.73. The Morgan fingerprint density at radius 1 is 0.703 bits per heavy atom. The lowest BCUT2D eigenvalue weighted by Crippen LogP contribution is -1.98. The summed E-state index contributed by atoms with van der Waals surface area (Å²) in [4.78, 5) is 4.57. The van der Waals surface area contributed by atoms with Crippen molar-refractivity contribution in [2.45, 2.75) is 6.92 Å². The molecule has 0 unspecified atom stereocenters. The lowest BCUT2D eigenvalue weighted by Gasteiger charge is -2.12. The minimum atomic E-state index is 0.721. The van der Waals surface area contributed by atoms with Crippen LogP contribution in [0.25, 0.3) is 55.6 Å². The Morgan fingerprint density at radius 2 is 1.35 bits per heavy atom. The zero-order valence-electron chi connectivity index (χ0n) is 20.7. The first-order valence-corrected chi connectivity index (χ1v) is 12.5. The van der Waals surface area contributed by atoms with Gasteiger partial charge in [0.25, 0.3) is 0 Å². The minimum Gasteiger partial charge on any atom is -0.398 e. The van der Waals surface area contributed by atoms with E-state index in [2.05, 4.69) is 101 Å². The fraction of sp³-hybridized carbons (Fsp3) is 0.0294. The highest BCUT2D eigenvalue weighted by Crippen LogP contribution is 2.34. The Kier molecular flexibility index (Phi) is 5.88. The van der Waals surface area contributed by atoms with E-state index in [1.165, 1.54) is 21.8 Å². The second-order valence-electron chi connectivity index (χ2n) is 9.08. The lowest BCUT2D eigenvalue weighted by atomic mass is 9.96. The number of hydrogen-bond acceptors (Lipinski definition) is 2. The van der Waals surface area contributed by atoms with Crippen LogP contribution < -0.4 is 5.73 Å². The first-order chi connectivity index (χ1) is 18.2. The molecule has 6 aromatic rings. The predicted octanol–water partition coefficient (Wildman–Crippen LogP) is 8.39. The third-order valence-electron chi connectivity index (χ3n) is 6.73. The Balaban J connectivity index is 1.47. The number of aromatic nitrogens is 2.